The third-order valence-corrected chi connectivity index (χ3v) is 3.54. The number of carboxylic acids is 1. The summed E-state index contributed by atoms with van der Waals surface area (Å²) < 4.78 is 0. The Hall–Kier alpha value is -2.70. The molecule has 0 bridgehead atoms. The number of hydrogen-bond acceptors (Lipinski definition) is 4. The van der Waals surface area contributed by atoms with Crippen molar-refractivity contribution in [2.75, 3.05) is 5.32 Å². The Morgan fingerprint density at radius 3 is 2.67 bits per heavy atom. The smallest absolute Gasteiger partial charge is 0.312 e. The molecule has 108 valence electrons. The van der Waals surface area contributed by atoms with Gasteiger partial charge in [-0.25, -0.2) is 5.43 Å². The predicted molar refractivity (Wildman–Crippen MR) is 73.6 cm³/mol. The van der Waals surface area contributed by atoms with Gasteiger partial charge in [-0.1, -0.05) is 12.1 Å². The number of anilines is 1. The molecule has 0 saturated heterocycles. The number of amides is 2. The lowest BCUT2D eigenvalue weighted by Crippen LogP contribution is -2.28. The van der Waals surface area contributed by atoms with Crippen LogP contribution in [0.15, 0.2) is 29.4 Å². The minimum Gasteiger partial charge on any atom is -0.481 e. The predicted octanol–water partition coefficient (Wildman–Crippen LogP) is 0.570. The molecule has 7 nitrogen and oxygen atoms in total. The van der Waals surface area contributed by atoms with Crippen molar-refractivity contribution in [3.8, 4) is 0 Å². The Morgan fingerprint density at radius 1 is 1.29 bits per heavy atom. The maximum absolute atomic E-state index is 11.4. The molecule has 2 unspecified atom stereocenters. The molecule has 1 heterocycles. The molecular formula is C14H13N3O4. The number of nitrogens with one attached hydrogen (secondary N) is 2. The fraction of sp³-hybridized carbons (Fsp3) is 0.286. The molecule has 1 aliphatic carbocycles. The molecule has 0 aromatic heterocycles. The van der Waals surface area contributed by atoms with E-state index < -0.39 is 18.3 Å². The number of carbonyl (C=O) groups excluding carboxylic acids is 2. The van der Waals surface area contributed by atoms with Crippen LogP contribution in [0.1, 0.15) is 18.4 Å². The Balaban J connectivity index is 1.69. The largest absolute Gasteiger partial charge is 0.481 e. The Bertz CT molecular complexity index is 651. The monoisotopic (exact) mass is 287 g/mol. The van der Waals surface area contributed by atoms with Gasteiger partial charge in [-0.2, -0.15) is 5.10 Å². The van der Waals surface area contributed by atoms with Crippen LogP contribution in [0, 0.1) is 11.8 Å². The molecule has 1 aromatic carbocycles. The van der Waals surface area contributed by atoms with E-state index in [1.54, 1.807) is 24.3 Å². The minimum atomic E-state index is -1.17. The second kappa shape index (κ2) is 5.01. The van der Waals surface area contributed by atoms with Gasteiger partial charge < -0.3 is 10.4 Å². The number of rotatable bonds is 4. The first-order valence-corrected chi connectivity index (χ1v) is 6.54. The molecule has 0 radical (unpaired) electrons. The lowest BCUT2D eigenvalue weighted by atomic mass is 10.0. The number of nitrogens with zero attached hydrogens (tertiary/aromatic N) is 1. The Labute approximate surface area is 120 Å². The summed E-state index contributed by atoms with van der Waals surface area (Å²) in [5.41, 5.74) is 4.77. The van der Waals surface area contributed by atoms with E-state index >= 15 is 0 Å². The quantitative estimate of drug-likeness (QED) is 0.703. The second-order valence-corrected chi connectivity index (χ2v) is 5.12. The molecule has 21 heavy (non-hydrogen) atoms. The summed E-state index contributed by atoms with van der Waals surface area (Å²) in [6.07, 6.45) is 0.256. The zero-order chi connectivity index (χ0) is 15.0. The van der Waals surface area contributed by atoms with Crippen LogP contribution in [-0.2, 0) is 14.4 Å². The molecule has 1 saturated carbocycles. The summed E-state index contributed by atoms with van der Waals surface area (Å²) in [6, 6.07) is 6.96. The van der Waals surface area contributed by atoms with E-state index in [1.165, 1.54) is 0 Å². The van der Waals surface area contributed by atoms with E-state index in [-0.39, 0.29) is 17.7 Å². The van der Waals surface area contributed by atoms with Crippen molar-refractivity contribution in [2.24, 2.45) is 16.9 Å². The molecule has 1 aromatic rings. The third-order valence-electron chi connectivity index (χ3n) is 3.54. The van der Waals surface area contributed by atoms with E-state index in [4.69, 9.17) is 5.11 Å². The van der Waals surface area contributed by atoms with Gasteiger partial charge >= 0.3 is 5.97 Å². The van der Waals surface area contributed by atoms with Crippen LogP contribution in [0.4, 0.5) is 5.69 Å². The van der Waals surface area contributed by atoms with Crippen LogP contribution in [0.5, 0.6) is 0 Å². The first-order valence-electron chi connectivity index (χ1n) is 6.54. The molecule has 2 amide bonds. The highest BCUT2D eigenvalue weighted by Crippen LogP contribution is 2.43. The van der Waals surface area contributed by atoms with Gasteiger partial charge in [-0.15, -0.1) is 0 Å². The van der Waals surface area contributed by atoms with Gasteiger partial charge in [0.05, 0.1) is 5.71 Å². The lowest BCUT2D eigenvalue weighted by molar-refractivity contribution is -0.139. The first-order chi connectivity index (χ1) is 10.0. The van der Waals surface area contributed by atoms with Gasteiger partial charge in [-0.3, -0.25) is 14.4 Å². The van der Waals surface area contributed by atoms with Gasteiger partial charge in [0.2, 0.25) is 11.8 Å². The van der Waals surface area contributed by atoms with Crippen molar-refractivity contribution in [3.05, 3.63) is 29.8 Å². The summed E-state index contributed by atoms with van der Waals surface area (Å²) in [5.74, 6) is -1.55. The standard InChI is InChI=1S/C14H13N3O4/c18-11(6-12(19)20)15-8-3-1-7(2-4-8)13-9-5-10(9)14(21)17-16-13/h1-4,9-10H,5-6H2,(H,15,18)(H,17,21)(H,19,20). The maximum Gasteiger partial charge on any atom is 0.312 e. The first kappa shape index (κ1) is 13.3. The molecule has 2 atom stereocenters. The van der Waals surface area contributed by atoms with Gasteiger partial charge in [0, 0.05) is 17.5 Å². The van der Waals surface area contributed by atoms with Crippen molar-refractivity contribution < 1.29 is 19.5 Å². The van der Waals surface area contributed by atoms with Crippen LogP contribution in [-0.4, -0.2) is 28.6 Å². The Morgan fingerprint density at radius 2 is 2.00 bits per heavy atom. The van der Waals surface area contributed by atoms with Crippen LogP contribution >= 0.6 is 0 Å². The normalized spacial score (nSPS) is 22.7. The van der Waals surface area contributed by atoms with E-state index in [0.29, 0.717) is 5.69 Å². The molecule has 7 heteroatoms. The highest BCUT2D eigenvalue weighted by atomic mass is 16.4. The van der Waals surface area contributed by atoms with E-state index in [2.05, 4.69) is 15.8 Å². The van der Waals surface area contributed by atoms with E-state index in [9.17, 15) is 14.4 Å². The fourth-order valence-electron chi connectivity index (χ4n) is 2.41. The Kier molecular flexibility index (Phi) is 3.17. The van der Waals surface area contributed by atoms with Gasteiger partial charge in [-0.05, 0) is 24.1 Å². The van der Waals surface area contributed by atoms with Crippen molar-refractivity contribution >= 4 is 29.2 Å². The van der Waals surface area contributed by atoms with Crippen molar-refractivity contribution in [1.29, 1.82) is 0 Å². The fourth-order valence-corrected chi connectivity index (χ4v) is 2.41. The van der Waals surface area contributed by atoms with Crippen LogP contribution in [0.2, 0.25) is 0 Å². The zero-order valence-corrected chi connectivity index (χ0v) is 11.0. The van der Waals surface area contributed by atoms with E-state index in [1.807, 2.05) is 0 Å². The number of benzene rings is 1. The molecule has 1 fully saturated rings. The average molecular weight is 287 g/mol. The summed E-state index contributed by atoms with van der Waals surface area (Å²) >= 11 is 0. The van der Waals surface area contributed by atoms with Gasteiger partial charge in [0.1, 0.15) is 6.42 Å². The summed E-state index contributed by atoms with van der Waals surface area (Å²) in [7, 11) is 0. The van der Waals surface area contributed by atoms with Gasteiger partial charge in [0.25, 0.3) is 0 Å². The number of carboxylic acid groups (broad SMARTS) is 1. The summed E-state index contributed by atoms with van der Waals surface area (Å²) in [4.78, 5) is 33.1. The van der Waals surface area contributed by atoms with Crippen molar-refractivity contribution in [3.63, 3.8) is 0 Å². The molecule has 0 spiro atoms. The molecule has 2 aliphatic rings. The molecule has 3 rings (SSSR count). The number of hydrazone groups is 1. The third kappa shape index (κ3) is 2.76. The molecule has 1 aliphatic heterocycles. The topological polar surface area (TPSA) is 108 Å². The second-order valence-electron chi connectivity index (χ2n) is 5.12. The minimum absolute atomic E-state index is 0.0266. The number of aliphatic carboxylic acids is 1. The van der Waals surface area contributed by atoms with Crippen molar-refractivity contribution in [1.82, 2.24) is 5.43 Å². The van der Waals surface area contributed by atoms with Crippen LogP contribution in [0.25, 0.3) is 0 Å². The highest BCUT2D eigenvalue weighted by molar-refractivity contribution is 6.09. The van der Waals surface area contributed by atoms with Crippen LogP contribution < -0.4 is 10.7 Å². The molecular weight excluding hydrogens is 274 g/mol. The summed E-state index contributed by atoms with van der Waals surface area (Å²) in [5, 5.41) is 15.1. The molecule has 3 N–H and O–H groups in total. The number of hydrogen-bond donors (Lipinski definition) is 3. The van der Waals surface area contributed by atoms with Gasteiger partial charge in [0.15, 0.2) is 0 Å². The van der Waals surface area contributed by atoms with E-state index in [0.717, 1.165) is 17.7 Å². The van der Waals surface area contributed by atoms with Crippen molar-refractivity contribution in [2.45, 2.75) is 12.8 Å². The maximum atomic E-state index is 11.4. The summed E-state index contributed by atoms with van der Waals surface area (Å²) in [6.45, 7) is 0. The number of carbonyl (C=O) groups is 3. The average Bonchev–Trinajstić information content (AvgIpc) is 3.20. The number of fused-ring (bicyclic) bond motifs is 1. The SMILES string of the molecule is O=C(O)CC(=O)Nc1ccc(C2=NNC(=O)C3CC23)cc1. The highest BCUT2D eigenvalue weighted by Gasteiger charge is 2.49. The zero-order valence-electron chi connectivity index (χ0n) is 11.0. The van der Waals surface area contributed by atoms with Crippen LogP contribution in [0.3, 0.4) is 0 Å². The lowest BCUT2D eigenvalue weighted by Gasteiger charge is -2.12.